The normalized spacial score (nSPS) is 20.2. The zero-order chi connectivity index (χ0) is 62.1. The van der Waals surface area contributed by atoms with Crippen molar-refractivity contribution < 1.29 is 46.2 Å². The Kier molecular flexibility index (Phi) is 20.1. The summed E-state index contributed by atoms with van der Waals surface area (Å²) in [6.45, 7) is 17.3. The minimum Gasteiger partial charge on any atom is -0.497 e. The van der Waals surface area contributed by atoms with Crippen LogP contribution in [-0.2, 0) is 42.4 Å². The van der Waals surface area contributed by atoms with Crippen LogP contribution >= 0.6 is 7.82 Å². The van der Waals surface area contributed by atoms with Gasteiger partial charge in [-0.25, -0.2) is 14.2 Å². The Balaban J connectivity index is 1.19. The molecule has 21 heteroatoms. The van der Waals surface area contributed by atoms with Gasteiger partial charge in [0.15, 0.2) is 0 Å². The van der Waals surface area contributed by atoms with E-state index >= 15 is 4.57 Å². The van der Waals surface area contributed by atoms with Crippen molar-refractivity contribution in [2.45, 2.75) is 126 Å². The van der Waals surface area contributed by atoms with Crippen LogP contribution < -0.4 is 42.3 Å². The summed E-state index contributed by atoms with van der Waals surface area (Å²) in [5, 5.41) is 11.3. The SMILES string of the molecule is C=CC[C@H](OC(c1ccccc1)(c1ccc(OC)cc1)c1ccc(OC)cc1)[C@H]1O[C@@H](n2cc(C)c(=O)[nH]c2=O)C[C@@H]1OP(=O)(OCCC#N)O[C@@H](CC=C)[C@H]1O[C@@H](n2cc(C)c(=O)[nH]c2=O)C[C@@H]1O[Si](c1ccccc1)(c1ccccc1)C(C)(C)C. The van der Waals surface area contributed by atoms with Crippen molar-refractivity contribution in [1.82, 2.24) is 19.1 Å². The zero-order valence-corrected chi connectivity index (χ0v) is 51.8. The van der Waals surface area contributed by atoms with Crippen LogP contribution in [0.4, 0.5) is 0 Å². The molecule has 2 fully saturated rings. The average Bonchev–Trinajstić information content (AvgIpc) is 1.69. The van der Waals surface area contributed by atoms with Gasteiger partial charge in [-0.15, -0.1) is 13.2 Å². The van der Waals surface area contributed by atoms with E-state index in [1.807, 2.05) is 146 Å². The van der Waals surface area contributed by atoms with Gasteiger partial charge in [0.25, 0.3) is 19.4 Å². The fraction of sp³-hybridized carbons (Fsp3) is 0.348. The number of phosphoric acid groups is 1. The fourth-order valence-electron chi connectivity index (χ4n) is 11.8. The van der Waals surface area contributed by atoms with Crippen LogP contribution in [0.1, 0.15) is 93.1 Å². The lowest BCUT2D eigenvalue weighted by Gasteiger charge is -2.45. The molecule has 2 aliphatic heterocycles. The third-order valence-corrected chi connectivity index (χ3v) is 22.5. The van der Waals surface area contributed by atoms with Crippen molar-refractivity contribution in [2.75, 3.05) is 20.8 Å². The van der Waals surface area contributed by atoms with Gasteiger partial charge in [0.1, 0.15) is 54.0 Å². The summed E-state index contributed by atoms with van der Waals surface area (Å²) in [5.41, 5.74) is -1.57. The molecular formula is C66H74N5O14PSi. The molecule has 0 radical (unpaired) electrons. The highest BCUT2D eigenvalue weighted by Gasteiger charge is 2.57. The van der Waals surface area contributed by atoms with Crippen LogP contribution in [0, 0.1) is 25.2 Å². The van der Waals surface area contributed by atoms with E-state index in [1.165, 1.54) is 21.5 Å². The van der Waals surface area contributed by atoms with Crippen LogP contribution in [0.5, 0.6) is 11.5 Å². The van der Waals surface area contributed by atoms with E-state index < -0.39 is 105 Å². The lowest BCUT2D eigenvalue weighted by molar-refractivity contribution is -0.144. The number of aromatic nitrogens is 4. The highest BCUT2D eigenvalue weighted by atomic mass is 31.2. The minimum absolute atomic E-state index is 0.0444. The summed E-state index contributed by atoms with van der Waals surface area (Å²) in [7, 11) is -5.35. The fourth-order valence-corrected chi connectivity index (χ4v) is 18.0. The molecule has 4 heterocycles. The van der Waals surface area contributed by atoms with Crippen molar-refractivity contribution in [2.24, 2.45) is 0 Å². The molecular weight excluding hydrogens is 1150 g/mol. The van der Waals surface area contributed by atoms with Gasteiger partial charge in [0.2, 0.25) is 0 Å². The summed E-state index contributed by atoms with van der Waals surface area (Å²) in [4.78, 5) is 58.1. The smallest absolute Gasteiger partial charge is 0.475 e. The van der Waals surface area contributed by atoms with Gasteiger partial charge in [-0.2, -0.15) is 5.26 Å². The van der Waals surface area contributed by atoms with Crippen molar-refractivity contribution in [3.63, 3.8) is 0 Å². The van der Waals surface area contributed by atoms with Crippen LogP contribution in [0.3, 0.4) is 0 Å². The second kappa shape index (κ2) is 27.5. The topological polar surface area (TPSA) is 234 Å². The molecule has 2 N–H and O–H groups in total. The van der Waals surface area contributed by atoms with Crippen molar-refractivity contribution in [3.05, 3.63) is 247 Å². The first kappa shape index (κ1) is 63.7. The molecule has 2 aromatic heterocycles. The van der Waals surface area contributed by atoms with Crippen LogP contribution in [0.15, 0.2) is 196 Å². The number of methoxy groups -OCH3 is 2. The number of phosphoric ester groups is 1. The molecule has 0 amide bonds. The summed E-state index contributed by atoms with van der Waals surface area (Å²) >= 11 is 0. The highest BCUT2D eigenvalue weighted by Crippen LogP contribution is 2.57. The van der Waals surface area contributed by atoms with Gasteiger partial charge < -0.3 is 28.1 Å². The number of nitrogens with zero attached hydrogens (tertiary/aromatic N) is 3. The lowest BCUT2D eigenvalue weighted by Crippen LogP contribution is -2.68. The number of benzene rings is 5. The number of ether oxygens (including phenoxy) is 5. The van der Waals surface area contributed by atoms with E-state index in [1.54, 1.807) is 40.2 Å². The Bertz CT molecular complexity index is 3740. The van der Waals surface area contributed by atoms with Gasteiger partial charge in [-0.05, 0) is 83.1 Å². The van der Waals surface area contributed by atoms with E-state index in [2.05, 4.69) is 43.9 Å². The molecule has 9 rings (SSSR count). The lowest BCUT2D eigenvalue weighted by atomic mass is 9.79. The number of hydrogen-bond donors (Lipinski definition) is 2. The van der Waals surface area contributed by atoms with Gasteiger partial charge in [-0.1, -0.05) is 148 Å². The third kappa shape index (κ3) is 13.5. The quantitative estimate of drug-likeness (QED) is 0.0169. The van der Waals surface area contributed by atoms with E-state index in [0.29, 0.717) is 28.2 Å². The Labute approximate surface area is 506 Å². The molecule has 7 aromatic rings. The van der Waals surface area contributed by atoms with Crippen LogP contribution in [0.2, 0.25) is 5.04 Å². The van der Waals surface area contributed by atoms with E-state index in [-0.39, 0.29) is 43.2 Å². The van der Waals surface area contributed by atoms with E-state index in [4.69, 9.17) is 41.7 Å². The first-order valence-electron chi connectivity index (χ1n) is 28.8. The number of nitrogens with one attached hydrogen (secondary N) is 2. The first-order chi connectivity index (χ1) is 41.8. The Morgan fingerprint density at radius 1 is 0.667 bits per heavy atom. The molecule has 2 aliphatic rings. The van der Waals surface area contributed by atoms with Crippen molar-refractivity contribution in [1.29, 1.82) is 5.26 Å². The van der Waals surface area contributed by atoms with Gasteiger partial charge in [0.05, 0.1) is 45.5 Å². The second-order valence-corrected chi connectivity index (χ2v) is 28.4. The number of aromatic amines is 2. The number of aryl methyl sites for hydroxylation is 2. The molecule has 19 nitrogen and oxygen atoms in total. The monoisotopic (exact) mass is 1220 g/mol. The number of hydrogen-bond acceptors (Lipinski definition) is 15. The standard InChI is InChI=1S/C66H74N5O14PSi/c1-10-22-53(82-66(46-24-15-12-16-25-46,47-30-34-49(77-8)35-31-47)48-32-36-50(78-9)37-33-48)59-55(40-57(80-59)70-42-44(3)61(72)68-63(70)74)84-86(76,79-39-21-38-67)83-54(23-11-2)60-56(41-58(81-60)71-43-45(4)62(73)69-64(71)75)85-87(65(5,6)7,51-26-17-13-18-27-51)52-28-19-14-20-29-52/h10-20,24-37,42-43,53-60H,1-2,21-23,39-41H2,3-9H3,(H,68,72,74)(H,69,73,75)/t53-,54-,55-,56-,57+,58+,59+,60+,86?/m0/s1. The maximum absolute atomic E-state index is 16.3. The minimum atomic E-state index is -5.04. The van der Waals surface area contributed by atoms with Crippen molar-refractivity contribution >= 4 is 26.5 Å². The van der Waals surface area contributed by atoms with Crippen LogP contribution in [0.25, 0.3) is 0 Å². The average molecular weight is 1220 g/mol. The first-order valence-corrected chi connectivity index (χ1v) is 32.1. The molecule has 5 aromatic carbocycles. The molecule has 456 valence electrons. The number of nitriles is 1. The Hall–Kier alpha value is -7.80. The molecule has 1 unspecified atom stereocenters. The highest BCUT2D eigenvalue weighted by molar-refractivity contribution is 7.48. The Morgan fingerprint density at radius 2 is 1.10 bits per heavy atom. The largest absolute Gasteiger partial charge is 0.497 e. The number of H-pyrrole nitrogens is 2. The summed E-state index contributed by atoms with van der Waals surface area (Å²) in [5.74, 6) is 1.19. The molecule has 9 atom stereocenters. The molecule has 2 saturated heterocycles. The van der Waals surface area contributed by atoms with Crippen LogP contribution in [-0.4, -0.2) is 84.9 Å². The maximum atomic E-state index is 16.3. The van der Waals surface area contributed by atoms with E-state index in [9.17, 15) is 24.4 Å². The van der Waals surface area contributed by atoms with Crippen molar-refractivity contribution in [3.8, 4) is 17.6 Å². The third-order valence-electron chi connectivity index (χ3n) is 15.9. The zero-order valence-electron chi connectivity index (χ0n) is 49.9. The molecule has 0 saturated carbocycles. The molecule has 0 bridgehead atoms. The summed E-state index contributed by atoms with van der Waals surface area (Å²) in [6.07, 6.45) is -3.51. The maximum Gasteiger partial charge on any atom is 0.475 e. The predicted molar refractivity (Wildman–Crippen MR) is 332 cm³/mol. The summed E-state index contributed by atoms with van der Waals surface area (Å²) in [6, 6.07) is 46.4. The predicted octanol–water partition coefficient (Wildman–Crippen LogP) is 9.58. The Morgan fingerprint density at radius 3 is 1.55 bits per heavy atom. The molecule has 87 heavy (non-hydrogen) atoms. The van der Waals surface area contributed by atoms with Gasteiger partial charge >= 0.3 is 19.2 Å². The van der Waals surface area contributed by atoms with E-state index in [0.717, 1.165) is 10.4 Å². The van der Waals surface area contributed by atoms with Gasteiger partial charge in [-0.3, -0.25) is 42.3 Å². The van der Waals surface area contributed by atoms with Gasteiger partial charge in [0, 0.05) is 36.4 Å². The number of rotatable bonds is 26. The molecule has 0 aliphatic carbocycles. The second-order valence-electron chi connectivity index (χ2n) is 22.5. The summed E-state index contributed by atoms with van der Waals surface area (Å²) < 4.78 is 79.5. The molecule has 0 spiro atoms.